The standard InChI is InChI=1S/C7H12N2Se/c8-7-9-3-1-2-6(4-9)5-10-7/h6,8H,1-5H2. The van der Waals surface area contributed by atoms with E-state index in [9.17, 15) is 0 Å². The van der Waals surface area contributed by atoms with Crippen LogP contribution in [-0.4, -0.2) is 37.7 Å². The topological polar surface area (TPSA) is 27.1 Å². The Hall–Kier alpha value is -0.0105. The van der Waals surface area contributed by atoms with Gasteiger partial charge in [-0.05, 0) is 0 Å². The van der Waals surface area contributed by atoms with E-state index in [2.05, 4.69) is 4.90 Å². The molecule has 2 heterocycles. The van der Waals surface area contributed by atoms with Gasteiger partial charge in [0.25, 0.3) is 0 Å². The second-order valence-electron chi connectivity index (χ2n) is 3.07. The van der Waals surface area contributed by atoms with Crippen molar-refractivity contribution in [2.24, 2.45) is 5.92 Å². The van der Waals surface area contributed by atoms with Crippen LogP contribution in [0.5, 0.6) is 0 Å². The summed E-state index contributed by atoms with van der Waals surface area (Å²) in [5.41, 5.74) is 0. The first kappa shape index (κ1) is 6.68. The van der Waals surface area contributed by atoms with E-state index >= 15 is 0 Å². The number of piperidine rings is 1. The third kappa shape index (κ3) is 1.08. The average molecular weight is 203 g/mol. The normalized spacial score (nSPS) is 32.6. The molecule has 0 spiro atoms. The molecular weight excluding hydrogens is 191 g/mol. The van der Waals surface area contributed by atoms with Gasteiger partial charge in [-0.2, -0.15) is 0 Å². The third-order valence-electron chi connectivity index (χ3n) is 2.26. The molecule has 10 heavy (non-hydrogen) atoms. The van der Waals surface area contributed by atoms with Crippen LogP contribution in [-0.2, 0) is 0 Å². The Bertz CT molecular complexity index is 158. The van der Waals surface area contributed by atoms with Crippen LogP contribution in [0.15, 0.2) is 0 Å². The predicted octanol–water partition coefficient (Wildman–Crippen LogP) is 0.769. The van der Waals surface area contributed by atoms with E-state index in [-0.39, 0.29) is 0 Å². The Labute approximate surface area is 67.6 Å². The molecule has 1 atom stereocenters. The van der Waals surface area contributed by atoms with Gasteiger partial charge in [-0.1, -0.05) is 0 Å². The molecule has 1 N–H and O–H groups in total. The first-order chi connectivity index (χ1) is 4.86. The van der Waals surface area contributed by atoms with Crippen molar-refractivity contribution in [1.29, 1.82) is 5.41 Å². The van der Waals surface area contributed by atoms with Crippen molar-refractivity contribution in [3.63, 3.8) is 0 Å². The van der Waals surface area contributed by atoms with Crippen molar-refractivity contribution in [3.8, 4) is 0 Å². The molecule has 2 fully saturated rings. The van der Waals surface area contributed by atoms with E-state index < -0.39 is 0 Å². The first-order valence-electron chi connectivity index (χ1n) is 3.82. The van der Waals surface area contributed by atoms with Gasteiger partial charge in [0, 0.05) is 0 Å². The number of nitrogens with one attached hydrogen (secondary N) is 1. The maximum absolute atomic E-state index is 7.62. The summed E-state index contributed by atoms with van der Waals surface area (Å²) in [5, 5.41) is 8.96. The molecule has 2 saturated heterocycles. The van der Waals surface area contributed by atoms with Gasteiger partial charge in [-0.25, -0.2) is 0 Å². The molecule has 0 saturated carbocycles. The summed E-state index contributed by atoms with van der Waals surface area (Å²) in [4.78, 5) is 2.28. The minimum atomic E-state index is 0.517. The molecule has 0 amide bonds. The average Bonchev–Trinajstić information content (AvgIpc) is 1.99. The van der Waals surface area contributed by atoms with Gasteiger partial charge in [-0.15, -0.1) is 0 Å². The van der Waals surface area contributed by atoms with Crippen LogP contribution in [0.25, 0.3) is 0 Å². The SMILES string of the molecule is N=C1[Se]CC2CCCN1C2. The summed E-state index contributed by atoms with van der Waals surface area (Å²) in [7, 11) is 0. The van der Waals surface area contributed by atoms with E-state index in [0.717, 1.165) is 17.2 Å². The first-order valence-corrected chi connectivity index (χ1v) is 5.89. The van der Waals surface area contributed by atoms with Crippen molar-refractivity contribution in [1.82, 2.24) is 4.90 Å². The fourth-order valence-corrected chi connectivity index (χ4v) is 3.80. The Morgan fingerprint density at radius 2 is 2.50 bits per heavy atom. The Balaban J connectivity index is 2.07. The molecule has 0 radical (unpaired) electrons. The summed E-state index contributed by atoms with van der Waals surface area (Å²) in [6.45, 7) is 2.36. The van der Waals surface area contributed by atoms with Crippen LogP contribution < -0.4 is 0 Å². The predicted molar refractivity (Wildman–Crippen MR) is 42.6 cm³/mol. The molecule has 2 bridgehead atoms. The number of hydrogen-bond donors (Lipinski definition) is 1. The number of amidine groups is 1. The Kier molecular flexibility index (Phi) is 1.71. The summed E-state index contributed by atoms with van der Waals surface area (Å²) in [6.07, 6.45) is 2.74. The summed E-state index contributed by atoms with van der Waals surface area (Å²) >= 11 is 0.517. The van der Waals surface area contributed by atoms with Gasteiger partial charge >= 0.3 is 67.2 Å². The Morgan fingerprint density at radius 3 is 3.30 bits per heavy atom. The number of nitrogens with zero attached hydrogens (tertiary/aromatic N) is 1. The summed E-state index contributed by atoms with van der Waals surface area (Å²) in [6, 6.07) is 0. The van der Waals surface area contributed by atoms with Crippen LogP contribution in [0.3, 0.4) is 0 Å². The second-order valence-corrected chi connectivity index (χ2v) is 5.19. The molecule has 2 rings (SSSR count). The zero-order chi connectivity index (χ0) is 6.97. The molecule has 56 valence electrons. The van der Waals surface area contributed by atoms with E-state index in [1.165, 1.54) is 24.7 Å². The van der Waals surface area contributed by atoms with Gasteiger partial charge in [0.1, 0.15) is 0 Å². The quantitative estimate of drug-likeness (QED) is 0.578. The maximum atomic E-state index is 7.62. The number of fused-ring (bicyclic) bond motifs is 2. The number of hydrogen-bond acceptors (Lipinski definition) is 1. The molecule has 2 nitrogen and oxygen atoms in total. The van der Waals surface area contributed by atoms with Crippen molar-refractivity contribution in [2.45, 2.75) is 18.2 Å². The van der Waals surface area contributed by atoms with Crippen LogP contribution in [0.1, 0.15) is 12.8 Å². The molecule has 3 heteroatoms. The zero-order valence-electron chi connectivity index (χ0n) is 5.97. The van der Waals surface area contributed by atoms with Gasteiger partial charge < -0.3 is 0 Å². The Morgan fingerprint density at radius 1 is 1.60 bits per heavy atom. The minimum absolute atomic E-state index is 0.517. The van der Waals surface area contributed by atoms with Crippen LogP contribution in [0.4, 0.5) is 0 Å². The molecular formula is C7H12N2Se. The molecule has 0 aromatic rings. The fourth-order valence-electron chi connectivity index (χ4n) is 1.67. The fraction of sp³-hybridized carbons (Fsp3) is 0.857. The van der Waals surface area contributed by atoms with Crippen molar-refractivity contribution in [3.05, 3.63) is 0 Å². The van der Waals surface area contributed by atoms with Crippen LogP contribution >= 0.6 is 0 Å². The van der Waals surface area contributed by atoms with Gasteiger partial charge in [-0.3, -0.25) is 0 Å². The van der Waals surface area contributed by atoms with E-state index in [4.69, 9.17) is 5.41 Å². The van der Waals surface area contributed by atoms with Gasteiger partial charge in [0.15, 0.2) is 0 Å². The summed E-state index contributed by atoms with van der Waals surface area (Å²) in [5.74, 6) is 0.947. The van der Waals surface area contributed by atoms with Gasteiger partial charge in [0.05, 0.1) is 0 Å². The van der Waals surface area contributed by atoms with Crippen molar-refractivity contribution in [2.75, 3.05) is 13.1 Å². The second kappa shape index (κ2) is 2.55. The molecule has 0 aromatic heterocycles. The van der Waals surface area contributed by atoms with Crippen molar-refractivity contribution >= 4 is 19.7 Å². The van der Waals surface area contributed by atoms with E-state index in [1.807, 2.05) is 0 Å². The monoisotopic (exact) mass is 204 g/mol. The zero-order valence-corrected chi connectivity index (χ0v) is 7.68. The number of rotatable bonds is 0. The van der Waals surface area contributed by atoms with E-state index in [0.29, 0.717) is 15.0 Å². The molecule has 0 aliphatic carbocycles. The molecule has 1 unspecified atom stereocenters. The molecule has 2 aliphatic rings. The molecule has 2 aliphatic heterocycles. The summed E-state index contributed by atoms with van der Waals surface area (Å²) < 4.78 is 0.948. The van der Waals surface area contributed by atoms with Crippen molar-refractivity contribution < 1.29 is 0 Å². The van der Waals surface area contributed by atoms with Gasteiger partial charge in [0.2, 0.25) is 0 Å². The third-order valence-corrected chi connectivity index (χ3v) is 4.72. The van der Waals surface area contributed by atoms with E-state index in [1.54, 1.807) is 0 Å². The molecule has 0 aromatic carbocycles. The van der Waals surface area contributed by atoms with Crippen LogP contribution in [0.2, 0.25) is 5.32 Å². The van der Waals surface area contributed by atoms with Crippen LogP contribution in [0, 0.1) is 11.3 Å².